The molecule has 0 aliphatic carbocycles. The fraction of sp³-hybridized carbons (Fsp3) is 0.312. The van der Waals surface area contributed by atoms with Gasteiger partial charge in [0.15, 0.2) is 0 Å². The maximum absolute atomic E-state index is 9.23. The molecule has 0 fully saturated rings. The maximum Gasteiger partial charge on any atom is 0.115 e. The van der Waals surface area contributed by atoms with Crippen LogP contribution in [0.15, 0.2) is 48.8 Å². The number of nitrogens with zero attached hydrogens (tertiary/aromatic N) is 1. The van der Waals surface area contributed by atoms with E-state index in [2.05, 4.69) is 17.2 Å². The fourth-order valence-electron chi connectivity index (χ4n) is 1.94. The van der Waals surface area contributed by atoms with Crippen LogP contribution in [0.3, 0.4) is 0 Å². The lowest BCUT2D eigenvalue weighted by Crippen LogP contribution is -2.25. The van der Waals surface area contributed by atoms with Crippen LogP contribution in [0.5, 0.6) is 5.75 Å². The highest BCUT2D eigenvalue weighted by molar-refractivity contribution is 5.25. The molecule has 0 saturated heterocycles. The molecule has 0 aliphatic heterocycles. The first kappa shape index (κ1) is 13.6. The van der Waals surface area contributed by atoms with Gasteiger partial charge in [-0.25, -0.2) is 0 Å². The van der Waals surface area contributed by atoms with E-state index in [4.69, 9.17) is 0 Å². The Morgan fingerprint density at radius 1 is 1.05 bits per heavy atom. The van der Waals surface area contributed by atoms with Gasteiger partial charge in [-0.05, 0) is 55.2 Å². The molecule has 19 heavy (non-hydrogen) atoms. The van der Waals surface area contributed by atoms with Crippen LogP contribution in [-0.4, -0.2) is 16.1 Å². The third-order valence-corrected chi connectivity index (χ3v) is 3.21. The van der Waals surface area contributed by atoms with Crippen molar-refractivity contribution >= 4 is 0 Å². The zero-order chi connectivity index (χ0) is 13.5. The molecule has 0 aliphatic rings. The Labute approximate surface area is 114 Å². The second-order valence-electron chi connectivity index (χ2n) is 4.84. The molecule has 2 rings (SSSR count). The molecule has 2 aromatic rings. The summed E-state index contributed by atoms with van der Waals surface area (Å²) in [5.74, 6) is 0.326. The summed E-state index contributed by atoms with van der Waals surface area (Å²) in [7, 11) is 0. The molecule has 0 bridgehead atoms. The van der Waals surface area contributed by atoms with Gasteiger partial charge in [-0.3, -0.25) is 4.98 Å². The van der Waals surface area contributed by atoms with Crippen LogP contribution in [0.4, 0.5) is 0 Å². The number of phenolic OH excluding ortho intramolecular Hbond substituents is 1. The van der Waals surface area contributed by atoms with E-state index in [0.717, 1.165) is 19.4 Å². The van der Waals surface area contributed by atoms with Crippen LogP contribution < -0.4 is 5.32 Å². The molecule has 0 spiro atoms. The highest BCUT2D eigenvalue weighted by atomic mass is 16.3. The fourth-order valence-corrected chi connectivity index (χ4v) is 1.94. The van der Waals surface area contributed by atoms with Crippen LogP contribution in [0, 0.1) is 0 Å². The van der Waals surface area contributed by atoms with Crippen molar-refractivity contribution in [3.05, 3.63) is 59.9 Å². The molecule has 1 aromatic carbocycles. The number of hydrogen-bond donors (Lipinski definition) is 2. The number of aromatic nitrogens is 1. The summed E-state index contributed by atoms with van der Waals surface area (Å²) in [5, 5.41) is 12.7. The predicted octanol–water partition coefficient (Wildman–Crippen LogP) is 2.90. The molecule has 1 atom stereocenters. The van der Waals surface area contributed by atoms with Gasteiger partial charge in [-0.15, -0.1) is 0 Å². The summed E-state index contributed by atoms with van der Waals surface area (Å²) in [6, 6.07) is 12.0. The molecule has 0 unspecified atom stereocenters. The Bertz CT molecular complexity index is 482. The van der Waals surface area contributed by atoms with Crippen molar-refractivity contribution in [2.24, 2.45) is 0 Å². The van der Waals surface area contributed by atoms with Gasteiger partial charge in [-0.2, -0.15) is 0 Å². The van der Waals surface area contributed by atoms with E-state index in [-0.39, 0.29) is 0 Å². The summed E-state index contributed by atoms with van der Waals surface area (Å²) in [6.07, 6.45) is 5.73. The largest absolute Gasteiger partial charge is 0.508 e. The average molecular weight is 256 g/mol. The van der Waals surface area contributed by atoms with Crippen LogP contribution in [-0.2, 0) is 13.0 Å². The van der Waals surface area contributed by atoms with Crippen LogP contribution in [0.2, 0.25) is 0 Å². The van der Waals surface area contributed by atoms with Gasteiger partial charge in [0.1, 0.15) is 5.75 Å². The minimum absolute atomic E-state index is 0.326. The summed E-state index contributed by atoms with van der Waals surface area (Å²) < 4.78 is 0. The van der Waals surface area contributed by atoms with Crippen molar-refractivity contribution in [3.8, 4) is 5.75 Å². The van der Waals surface area contributed by atoms with Gasteiger partial charge in [0.2, 0.25) is 0 Å². The van der Waals surface area contributed by atoms with E-state index in [0.29, 0.717) is 11.8 Å². The van der Waals surface area contributed by atoms with Gasteiger partial charge in [0.25, 0.3) is 0 Å². The first-order valence-electron chi connectivity index (χ1n) is 6.64. The standard InChI is InChI=1S/C16H20N2O/c1-13(18-12-15-8-10-17-11-9-15)2-3-14-4-6-16(19)7-5-14/h4-11,13,18-19H,2-3,12H2,1H3/t13-/m1/s1. The molecule has 1 aromatic heterocycles. The maximum atomic E-state index is 9.23. The summed E-state index contributed by atoms with van der Waals surface area (Å²) in [4.78, 5) is 4.01. The van der Waals surface area contributed by atoms with E-state index in [1.54, 1.807) is 12.1 Å². The second kappa shape index (κ2) is 6.90. The van der Waals surface area contributed by atoms with Crippen LogP contribution in [0.1, 0.15) is 24.5 Å². The van der Waals surface area contributed by atoms with Crippen LogP contribution in [0.25, 0.3) is 0 Å². The first-order chi connectivity index (χ1) is 9.24. The third-order valence-electron chi connectivity index (χ3n) is 3.21. The molecule has 0 amide bonds. The van der Waals surface area contributed by atoms with Gasteiger partial charge in [0.05, 0.1) is 0 Å². The van der Waals surface area contributed by atoms with Gasteiger partial charge >= 0.3 is 0 Å². The molecular formula is C16H20N2O. The number of pyridine rings is 1. The topological polar surface area (TPSA) is 45.1 Å². The van der Waals surface area contributed by atoms with Crippen molar-refractivity contribution in [1.29, 1.82) is 0 Å². The highest BCUT2D eigenvalue weighted by Gasteiger charge is 2.02. The lowest BCUT2D eigenvalue weighted by molar-refractivity contribution is 0.474. The molecule has 0 saturated carbocycles. The van der Waals surface area contributed by atoms with Crippen molar-refractivity contribution in [2.75, 3.05) is 0 Å². The monoisotopic (exact) mass is 256 g/mol. The quantitative estimate of drug-likeness (QED) is 0.835. The molecule has 2 N–H and O–H groups in total. The third kappa shape index (κ3) is 4.72. The minimum Gasteiger partial charge on any atom is -0.508 e. The Balaban J connectivity index is 1.72. The lowest BCUT2D eigenvalue weighted by Gasteiger charge is -2.13. The Morgan fingerprint density at radius 2 is 1.74 bits per heavy atom. The van der Waals surface area contributed by atoms with Crippen molar-refractivity contribution in [3.63, 3.8) is 0 Å². The number of aromatic hydroxyl groups is 1. The molecule has 1 heterocycles. The number of aryl methyl sites for hydroxylation is 1. The second-order valence-corrected chi connectivity index (χ2v) is 4.84. The summed E-state index contributed by atoms with van der Waals surface area (Å²) in [5.41, 5.74) is 2.52. The number of hydrogen-bond acceptors (Lipinski definition) is 3. The molecule has 0 radical (unpaired) electrons. The number of benzene rings is 1. The number of phenols is 1. The minimum atomic E-state index is 0.326. The van der Waals surface area contributed by atoms with E-state index >= 15 is 0 Å². The lowest BCUT2D eigenvalue weighted by atomic mass is 10.1. The summed E-state index contributed by atoms with van der Waals surface area (Å²) >= 11 is 0. The van der Waals surface area contributed by atoms with E-state index < -0.39 is 0 Å². The van der Waals surface area contributed by atoms with E-state index in [1.807, 2.05) is 36.7 Å². The smallest absolute Gasteiger partial charge is 0.115 e. The van der Waals surface area contributed by atoms with Gasteiger partial charge < -0.3 is 10.4 Å². The average Bonchev–Trinajstić information content (AvgIpc) is 2.45. The van der Waals surface area contributed by atoms with E-state index in [9.17, 15) is 5.11 Å². The van der Waals surface area contributed by atoms with Crippen LogP contribution >= 0.6 is 0 Å². The zero-order valence-corrected chi connectivity index (χ0v) is 11.2. The SMILES string of the molecule is C[C@H](CCc1ccc(O)cc1)NCc1ccncc1. The van der Waals surface area contributed by atoms with Crippen molar-refractivity contribution < 1.29 is 5.11 Å². The van der Waals surface area contributed by atoms with Gasteiger partial charge in [-0.1, -0.05) is 12.1 Å². The normalized spacial score (nSPS) is 12.3. The number of nitrogens with one attached hydrogen (secondary N) is 1. The molecule has 3 nitrogen and oxygen atoms in total. The Kier molecular flexibility index (Phi) is 4.93. The van der Waals surface area contributed by atoms with Gasteiger partial charge in [0, 0.05) is 25.0 Å². The Morgan fingerprint density at radius 3 is 2.42 bits per heavy atom. The summed E-state index contributed by atoms with van der Waals surface area (Å²) in [6.45, 7) is 3.07. The first-order valence-corrected chi connectivity index (χ1v) is 6.64. The van der Waals surface area contributed by atoms with Crippen molar-refractivity contribution in [2.45, 2.75) is 32.4 Å². The molecule has 3 heteroatoms. The predicted molar refractivity (Wildman–Crippen MR) is 77.0 cm³/mol. The molecule has 100 valence electrons. The Hall–Kier alpha value is -1.87. The number of rotatable bonds is 6. The highest BCUT2D eigenvalue weighted by Crippen LogP contribution is 2.12. The van der Waals surface area contributed by atoms with E-state index in [1.165, 1.54) is 11.1 Å². The van der Waals surface area contributed by atoms with Crippen molar-refractivity contribution in [1.82, 2.24) is 10.3 Å². The zero-order valence-electron chi connectivity index (χ0n) is 11.2. The molecular weight excluding hydrogens is 236 g/mol.